The third kappa shape index (κ3) is 7.15. The van der Waals surface area contributed by atoms with Crippen molar-refractivity contribution in [2.75, 3.05) is 31.8 Å². The zero-order valence-electron chi connectivity index (χ0n) is 19.5. The molecule has 0 saturated carbocycles. The lowest BCUT2D eigenvalue weighted by atomic mass is 10.1. The molecule has 2 unspecified atom stereocenters. The summed E-state index contributed by atoms with van der Waals surface area (Å²) in [5, 5.41) is 8.36. The van der Waals surface area contributed by atoms with E-state index in [1.165, 1.54) is 30.6 Å². The zero-order chi connectivity index (χ0) is 25.2. The van der Waals surface area contributed by atoms with Gasteiger partial charge in [-0.15, -0.1) is 11.8 Å². The van der Waals surface area contributed by atoms with Crippen molar-refractivity contribution in [2.45, 2.75) is 36.2 Å². The van der Waals surface area contributed by atoms with Crippen molar-refractivity contribution in [3.63, 3.8) is 0 Å². The van der Waals surface area contributed by atoms with E-state index in [9.17, 15) is 19.2 Å². The normalized spacial score (nSPS) is 16.9. The Labute approximate surface area is 207 Å². The molecule has 0 aliphatic carbocycles. The summed E-state index contributed by atoms with van der Waals surface area (Å²) in [6.07, 6.45) is 7.04. The van der Waals surface area contributed by atoms with E-state index in [4.69, 9.17) is 0 Å². The van der Waals surface area contributed by atoms with Crippen molar-refractivity contribution in [3.8, 4) is 0 Å². The summed E-state index contributed by atoms with van der Waals surface area (Å²) in [6.45, 7) is 0.473. The smallest absolute Gasteiger partial charge is 0.319 e. The molecule has 186 valence electrons. The van der Waals surface area contributed by atoms with Crippen LogP contribution in [0.2, 0.25) is 0 Å². The van der Waals surface area contributed by atoms with E-state index in [1.807, 2.05) is 24.5 Å². The third-order valence-electron chi connectivity index (χ3n) is 5.44. The third-order valence-corrected chi connectivity index (χ3v) is 6.16. The van der Waals surface area contributed by atoms with Gasteiger partial charge in [0.2, 0.25) is 5.91 Å². The first kappa shape index (κ1) is 25.9. The SMILES string of the molecule is COC(=O)CCCNC(=O)C1C(NC(=O)Nc2cccc(SC)c2)CCN1C(=O)c1cnccn1. The van der Waals surface area contributed by atoms with Crippen molar-refractivity contribution in [3.05, 3.63) is 48.5 Å². The number of ether oxygens (including phenoxy) is 1. The van der Waals surface area contributed by atoms with Crippen LogP contribution in [-0.2, 0) is 14.3 Å². The predicted octanol–water partition coefficient (Wildman–Crippen LogP) is 1.67. The molecule has 1 aliphatic rings. The Morgan fingerprint density at radius 3 is 2.77 bits per heavy atom. The first-order valence-electron chi connectivity index (χ1n) is 11.1. The van der Waals surface area contributed by atoms with Crippen molar-refractivity contribution in [2.24, 2.45) is 0 Å². The average Bonchev–Trinajstić information content (AvgIpc) is 3.29. The molecule has 4 amide bonds. The van der Waals surface area contributed by atoms with Gasteiger partial charge in [-0.05, 0) is 37.3 Å². The molecule has 2 aromatic rings. The fraction of sp³-hybridized carbons (Fsp3) is 0.391. The molecule has 1 fully saturated rings. The minimum Gasteiger partial charge on any atom is -0.469 e. The second kappa shape index (κ2) is 12.7. The Bertz CT molecular complexity index is 1050. The number of nitrogens with zero attached hydrogens (tertiary/aromatic N) is 3. The van der Waals surface area contributed by atoms with Crippen LogP contribution in [0.5, 0.6) is 0 Å². The van der Waals surface area contributed by atoms with E-state index in [1.54, 1.807) is 17.8 Å². The Morgan fingerprint density at radius 2 is 2.06 bits per heavy atom. The molecule has 0 bridgehead atoms. The van der Waals surface area contributed by atoms with Gasteiger partial charge in [-0.3, -0.25) is 19.4 Å². The maximum atomic E-state index is 13.1. The minimum absolute atomic E-state index is 0.106. The number of esters is 1. The Morgan fingerprint density at radius 1 is 1.23 bits per heavy atom. The second-order valence-corrected chi connectivity index (χ2v) is 8.61. The van der Waals surface area contributed by atoms with E-state index >= 15 is 0 Å². The van der Waals surface area contributed by atoms with Gasteiger partial charge >= 0.3 is 12.0 Å². The number of hydrogen-bond acceptors (Lipinski definition) is 8. The lowest BCUT2D eigenvalue weighted by molar-refractivity contribution is -0.140. The maximum Gasteiger partial charge on any atom is 0.319 e. The number of rotatable bonds is 9. The lowest BCUT2D eigenvalue weighted by Gasteiger charge is -2.27. The molecule has 0 spiro atoms. The first-order valence-corrected chi connectivity index (χ1v) is 12.3. The van der Waals surface area contributed by atoms with Crippen LogP contribution in [0.4, 0.5) is 10.5 Å². The Balaban J connectivity index is 1.70. The van der Waals surface area contributed by atoms with Crippen LogP contribution in [0, 0.1) is 0 Å². The van der Waals surface area contributed by atoms with Crippen LogP contribution in [0.1, 0.15) is 29.8 Å². The maximum absolute atomic E-state index is 13.1. The van der Waals surface area contributed by atoms with E-state index in [0.29, 0.717) is 18.5 Å². The number of thioether (sulfide) groups is 1. The molecule has 1 aliphatic heterocycles. The van der Waals surface area contributed by atoms with E-state index in [-0.39, 0.29) is 31.2 Å². The number of carbonyl (C=O) groups excluding carboxylic acids is 4. The fourth-order valence-corrected chi connectivity index (χ4v) is 4.20. The summed E-state index contributed by atoms with van der Waals surface area (Å²) in [5.41, 5.74) is 0.721. The monoisotopic (exact) mass is 500 g/mol. The standard InChI is InChI=1S/C23H28N6O5S/c1-34-19(30)7-4-9-26-21(31)20-17(8-12-29(20)22(32)18-14-24-10-11-25-18)28-23(33)27-15-5-3-6-16(13-15)35-2/h3,5-6,10-11,13-14,17,20H,4,7-9,12H2,1-2H3,(H,26,31)(H2,27,28,33). The van der Waals surface area contributed by atoms with Crippen molar-refractivity contribution in [1.82, 2.24) is 25.5 Å². The molecule has 3 rings (SSSR count). The number of aromatic nitrogens is 2. The van der Waals surface area contributed by atoms with Crippen LogP contribution >= 0.6 is 11.8 Å². The molecule has 12 heteroatoms. The highest BCUT2D eigenvalue weighted by Gasteiger charge is 2.43. The van der Waals surface area contributed by atoms with Crippen molar-refractivity contribution < 1.29 is 23.9 Å². The lowest BCUT2D eigenvalue weighted by Crippen LogP contribution is -2.55. The molecule has 1 aromatic carbocycles. The number of benzene rings is 1. The number of urea groups is 1. The van der Waals surface area contributed by atoms with Crippen molar-refractivity contribution >= 4 is 41.3 Å². The number of likely N-dealkylation sites (tertiary alicyclic amines) is 1. The molecule has 2 atom stereocenters. The summed E-state index contributed by atoms with van der Waals surface area (Å²) >= 11 is 1.55. The Kier molecular flexibility index (Phi) is 9.41. The van der Waals surface area contributed by atoms with Crippen LogP contribution < -0.4 is 16.0 Å². The summed E-state index contributed by atoms with van der Waals surface area (Å²) in [4.78, 5) is 60.6. The Hall–Kier alpha value is -3.67. The van der Waals surface area contributed by atoms with Gasteiger partial charge in [0.25, 0.3) is 5.91 Å². The fourth-order valence-electron chi connectivity index (χ4n) is 3.74. The molecule has 11 nitrogen and oxygen atoms in total. The van der Waals surface area contributed by atoms with E-state index < -0.39 is 29.9 Å². The highest BCUT2D eigenvalue weighted by atomic mass is 32.2. The van der Waals surface area contributed by atoms with Gasteiger partial charge < -0.3 is 25.6 Å². The van der Waals surface area contributed by atoms with Gasteiger partial charge in [0.1, 0.15) is 11.7 Å². The first-order chi connectivity index (χ1) is 16.9. The number of amides is 4. The van der Waals surface area contributed by atoms with Crippen LogP contribution in [0.3, 0.4) is 0 Å². The van der Waals surface area contributed by atoms with Crippen LogP contribution in [0.25, 0.3) is 0 Å². The quantitative estimate of drug-likeness (QED) is 0.268. The summed E-state index contributed by atoms with van der Waals surface area (Å²) < 4.78 is 4.61. The summed E-state index contributed by atoms with van der Waals surface area (Å²) in [7, 11) is 1.30. The largest absolute Gasteiger partial charge is 0.469 e. The number of methoxy groups -OCH3 is 1. The average molecular weight is 501 g/mol. The van der Waals surface area contributed by atoms with Gasteiger partial charge in [-0.1, -0.05) is 6.07 Å². The number of carbonyl (C=O) groups is 4. The summed E-state index contributed by atoms with van der Waals surface area (Å²) in [5.74, 6) is -1.26. The van der Waals surface area contributed by atoms with Gasteiger partial charge in [0, 0.05) is 42.5 Å². The highest BCUT2D eigenvalue weighted by Crippen LogP contribution is 2.22. The molecule has 35 heavy (non-hydrogen) atoms. The predicted molar refractivity (Wildman–Crippen MR) is 130 cm³/mol. The minimum atomic E-state index is -0.953. The highest BCUT2D eigenvalue weighted by molar-refractivity contribution is 7.98. The zero-order valence-corrected chi connectivity index (χ0v) is 20.3. The number of hydrogen-bond donors (Lipinski definition) is 3. The number of anilines is 1. The molecule has 1 aromatic heterocycles. The summed E-state index contributed by atoms with van der Waals surface area (Å²) in [6, 6.07) is 5.32. The van der Waals surface area contributed by atoms with Gasteiger partial charge in [0.15, 0.2) is 0 Å². The van der Waals surface area contributed by atoms with Gasteiger partial charge in [-0.25, -0.2) is 9.78 Å². The molecule has 3 N–H and O–H groups in total. The molecular weight excluding hydrogens is 472 g/mol. The molecular formula is C23H28N6O5S. The molecule has 2 heterocycles. The molecule has 1 saturated heterocycles. The van der Waals surface area contributed by atoms with Crippen molar-refractivity contribution in [1.29, 1.82) is 0 Å². The van der Waals surface area contributed by atoms with Gasteiger partial charge in [-0.2, -0.15) is 0 Å². The van der Waals surface area contributed by atoms with E-state index in [2.05, 4.69) is 30.7 Å². The second-order valence-electron chi connectivity index (χ2n) is 7.73. The topological polar surface area (TPSA) is 143 Å². The van der Waals surface area contributed by atoms with Gasteiger partial charge in [0.05, 0.1) is 19.3 Å². The number of nitrogens with one attached hydrogen (secondary N) is 3. The van der Waals surface area contributed by atoms with Crippen LogP contribution in [0.15, 0.2) is 47.8 Å². The van der Waals surface area contributed by atoms with Crippen LogP contribution in [-0.4, -0.2) is 77.2 Å². The van der Waals surface area contributed by atoms with E-state index in [0.717, 1.165) is 4.90 Å². The molecule has 0 radical (unpaired) electrons.